The number of amides is 1. The van der Waals surface area contributed by atoms with E-state index >= 15 is 0 Å². The number of aromatic nitrogens is 1. The fraction of sp³-hybridized carbons (Fsp3) is 0.219. The van der Waals surface area contributed by atoms with Gasteiger partial charge in [-0.05, 0) is 48.2 Å². The minimum Gasteiger partial charge on any atom is -0.489 e. The fourth-order valence-electron chi connectivity index (χ4n) is 4.98. The van der Waals surface area contributed by atoms with Crippen LogP contribution in [0.15, 0.2) is 91.0 Å². The molecule has 0 spiro atoms. The quantitative estimate of drug-likeness (QED) is 0.216. The Balaban J connectivity index is 1.58. The maximum Gasteiger partial charge on any atom is 0.249 e. The lowest BCUT2D eigenvalue weighted by Crippen LogP contribution is -2.11. The number of carbonyl (C=O) groups excluding carboxylic acids is 1. The third kappa shape index (κ3) is 4.85. The Labute approximate surface area is 212 Å². The van der Waals surface area contributed by atoms with Gasteiger partial charge in [-0.3, -0.25) is 4.79 Å². The van der Waals surface area contributed by atoms with Crippen LogP contribution in [0.4, 0.5) is 0 Å². The predicted octanol–water partition coefficient (Wildman–Crippen LogP) is 7.25. The van der Waals surface area contributed by atoms with Crippen molar-refractivity contribution in [2.45, 2.75) is 45.8 Å². The summed E-state index contributed by atoms with van der Waals surface area (Å²) >= 11 is 0. The summed E-state index contributed by atoms with van der Waals surface area (Å²) in [6, 6.07) is 30.8. The Morgan fingerprint density at radius 2 is 1.64 bits per heavy atom. The summed E-state index contributed by atoms with van der Waals surface area (Å²) in [5.74, 6) is 0.458. The molecule has 5 aromatic rings. The van der Waals surface area contributed by atoms with Crippen molar-refractivity contribution in [3.8, 4) is 5.75 Å². The summed E-state index contributed by atoms with van der Waals surface area (Å²) in [5.41, 5.74) is 12.0. The van der Waals surface area contributed by atoms with E-state index in [2.05, 4.69) is 54.0 Å². The van der Waals surface area contributed by atoms with Gasteiger partial charge in [-0.1, -0.05) is 86.5 Å². The second-order valence-electron chi connectivity index (χ2n) is 9.34. The minimum atomic E-state index is -0.404. The molecule has 0 saturated carbocycles. The van der Waals surface area contributed by atoms with Crippen LogP contribution >= 0.6 is 0 Å². The van der Waals surface area contributed by atoms with Gasteiger partial charge in [0, 0.05) is 27.4 Å². The van der Waals surface area contributed by atoms with Gasteiger partial charge in [0.1, 0.15) is 12.4 Å². The number of aryl methyl sites for hydroxylation is 1. The zero-order valence-electron chi connectivity index (χ0n) is 20.7. The van der Waals surface area contributed by atoms with Gasteiger partial charge in [0.2, 0.25) is 5.91 Å². The molecule has 1 aromatic heterocycles. The molecule has 4 aromatic carbocycles. The average molecular weight is 477 g/mol. The minimum absolute atomic E-state index is 0.404. The summed E-state index contributed by atoms with van der Waals surface area (Å²) in [4.78, 5) is 12.3. The topological polar surface area (TPSA) is 57.2 Å². The van der Waals surface area contributed by atoms with E-state index in [0.717, 1.165) is 45.1 Å². The first-order valence-electron chi connectivity index (χ1n) is 12.7. The van der Waals surface area contributed by atoms with Crippen molar-refractivity contribution < 1.29 is 9.53 Å². The van der Waals surface area contributed by atoms with Crippen molar-refractivity contribution in [2.24, 2.45) is 5.73 Å². The third-order valence-corrected chi connectivity index (χ3v) is 6.83. The van der Waals surface area contributed by atoms with Crippen LogP contribution in [0, 0.1) is 0 Å². The zero-order valence-corrected chi connectivity index (χ0v) is 20.7. The standard InChI is InChI=1S/C32H32N2O2/c1-2-3-5-11-23-18-19-26-29(20-23)34(28-16-10-15-27(31(26)28)32(33)35)21-25-14-8-9-17-30(25)36-22-24-12-6-4-7-13-24/h4,6-10,12-20H,2-3,5,11,21-22H2,1H3,(H2,33,35). The summed E-state index contributed by atoms with van der Waals surface area (Å²) in [6.45, 7) is 3.37. The molecule has 0 atom stereocenters. The molecule has 2 N–H and O–H groups in total. The highest BCUT2D eigenvalue weighted by molar-refractivity contribution is 6.18. The van der Waals surface area contributed by atoms with E-state index < -0.39 is 5.91 Å². The Morgan fingerprint density at radius 3 is 2.44 bits per heavy atom. The number of hydrogen-bond donors (Lipinski definition) is 1. The highest BCUT2D eigenvalue weighted by Gasteiger charge is 2.18. The first-order valence-corrected chi connectivity index (χ1v) is 12.7. The van der Waals surface area contributed by atoms with Crippen LogP contribution in [0.5, 0.6) is 5.75 Å². The van der Waals surface area contributed by atoms with E-state index in [9.17, 15) is 4.79 Å². The van der Waals surface area contributed by atoms with E-state index in [0.29, 0.717) is 18.7 Å². The van der Waals surface area contributed by atoms with Crippen molar-refractivity contribution >= 4 is 27.7 Å². The molecule has 4 nitrogen and oxygen atoms in total. The van der Waals surface area contributed by atoms with Gasteiger partial charge in [0.05, 0.1) is 12.1 Å². The second kappa shape index (κ2) is 10.7. The van der Waals surface area contributed by atoms with Gasteiger partial charge in [0.25, 0.3) is 0 Å². The van der Waals surface area contributed by atoms with Gasteiger partial charge in [-0.25, -0.2) is 0 Å². The lowest BCUT2D eigenvalue weighted by Gasteiger charge is -2.14. The van der Waals surface area contributed by atoms with E-state index in [1.54, 1.807) is 0 Å². The highest BCUT2D eigenvalue weighted by Crippen LogP contribution is 2.34. The molecule has 0 aliphatic rings. The van der Waals surface area contributed by atoms with Crippen molar-refractivity contribution in [1.82, 2.24) is 4.57 Å². The van der Waals surface area contributed by atoms with Crippen LogP contribution in [-0.2, 0) is 19.6 Å². The molecule has 0 saturated heterocycles. The molecule has 5 rings (SSSR count). The normalized spacial score (nSPS) is 11.2. The monoisotopic (exact) mass is 476 g/mol. The van der Waals surface area contributed by atoms with E-state index in [-0.39, 0.29) is 0 Å². The predicted molar refractivity (Wildman–Crippen MR) is 148 cm³/mol. The number of unbranched alkanes of at least 4 members (excludes halogenated alkanes) is 2. The first kappa shape index (κ1) is 23.7. The molecule has 0 unspecified atom stereocenters. The summed E-state index contributed by atoms with van der Waals surface area (Å²) in [5, 5.41) is 1.98. The number of fused-ring (bicyclic) bond motifs is 3. The molecule has 0 bridgehead atoms. The number of nitrogens with zero attached hydrogens (tertiary/aromatic N) is 1. The highest BCUT2D eigenvalue weighted by atomic mass is 16.5. The fourth-order valence-corrected chi connectivity index (χ4v) is 4.98. The zero-order chi connectivity index (χ0) is 24.9. The maximum atomic E-state index is 12.3. The van der Waals surface area contributed by atoms with Crippen LogP contribution < -0.4 is 10.5 Å². The second-order valence-corrected chi connectivity index (χ2v) is 9.34. The van der Waals surface area contributed by atoms with Crippen LogP contribution in [0.3, 0.4) is 0 Å². The number of nitrogens with two attached hydrogens (primary N) is 1. The number of para-hydroxylation sites is 1. The van der Waals surface area contributed by atoms with Gasteiger partial charge < -0.3 is 15.0 Å². The molecule has 0 radical (unpaired) electrons. The molecule has 1 amide bonds. The van der Waals surface area contributed by atoms with Crippen molar-refractivity contribution in [1.29, 1.82) is 0 Å². The van der Waals surface area contributed by atoms with Crippen LogP contribution in [0.25, 0.3) is 21.8 Å². The summed E-state index contributed by atoms with van der Waals surface area (Å²) in [7, 11) is 0. The molecular weight excluding hydrogens is 444 g/mol. The molecule has 36 heavy (non-hydrogen) atoms. The van der Waals surface area contributed by atoms with Gasteiger partial charge >= 0.3 is 0 Å². The van der Waals surface area contributed by atoms with E-state index in [4.69, 9.17) is 10.5 Å². The Morgan fingerprint density at radius 1 is 0.833 bits per heavy atom. The van der Waals surface area contributed by atoms with Crippen molar-refractivity contribution in [3.05, 3.63) is 113 Å². The SMILES string of the molecule is CCCCCc1ccc2c3c(C(N)=O)cccc3n(Cc3ccccc3OCc3ccccc3)c2c1. The Kier molecular flexibility index (Phi) is 7.03. The van der Waals surface area contributed by atoms with Gasteiger partial charge in [-0.2, -0.15) is 0 Å². The number of rotatable bonds is 10. The average Bonchev–Trinajstić information content (AvgIpc) is 3.21. The first-order chi connectivity index (χ1) is 17.7. The molecule has 0 aliphatic heterocycles. The lowest BCUT2D eigenvalue weighted by atomic mass is 10.0. The summed E-state index contributed by atoms with van der Waals surface area (Å²) < 4.78 is 8.56. The van der Waals surface area contributed by atoms with Gasteiger partial charge in [0.15, 0.2) is 0 Å². The number of primary amides is 1. The Hall–Kier alpha value is -4.05. The number of ether oxygens (including phenoxy) is 1. The van der Waals surface area contributed by atoms with Crippen LogP contribution in [0.2, 0.25) is 0 Å². The smallest absolute Gasteiger partial charge is 0.249 e. The van der Waals surface area contributed by atoms with Crippen LogP contribution in [-0.4, -0.2) is 10.5 Å². The Bertz CT molecular complexity index is 1500. The van der Waals surface area contributed by atoms with Gasteiger partial charge in [-0.15, -0.1) is 0 Å². The van der Waals surface area contributed by atoms with Crippen LogP contribution in [0.1, 0.15) is 53.2 Å². The summed E-state index contributed by atoms with van der Waals surface area (Å²) in [6.07, 6.45) is 4.64. The van der Waals surface area contributed by atoms with E-state index in [1.165, 1.54) is 24.8 Å². The number of hydrogen-bond acceptors (Lipinski definition) is 2. The lowest BCUT2D eigenvalue weighted by molar-refractivity contribution is 0.100. The molecular formula is C32H32N2O2. The third-order valence-electron chi connectivity index (χ3n) is 6.83. The molecule has 182 valence electrons. The number of carbonyl (C=O) groups is 1. The van der Waals surface area contributed by atoms with Crippen molar-refractivity contribution in [3.63, 3.8) is 0 Å². The number of benzene rings is 4. The molecule has 0 fully saturated rings. The maximum absolute atomic E-state index is 12.3. The molecule has 1 heterocycles. The molecule has 0 aliphatic carbocycles. The van der Waals surface area contributed by atoms with E-state index in [1.807, 2.05) is 48.5 Å². The largest absolute Gasteiger partial charge is 0.489 e. The van der Waals surface area contributed by atoms with Crippen molar-refractivity contribution in [2.75, 3.05) is 0 Å². The molecule has 4 heteroatoms.